The summed E-state index contributed by atoms with van der Waals surface area (Å²) in [5.41, 5.74) is 0. The summed E-state index contributed by atoms with van der Waals surface area (Å²) >= 11 is 0. The van der Waals surface area contributed by atoms with Gasteiger partial charge in [0.15, 0.2) is 5.96 Å². The van der Waals surface area contributed by atoms with Crippen LogP contribution in [-0.2, 0) is 4.74 Å². The molecule has 0 amide bonds. The van der Waals surface area contributed by atoms with Crippen molar-refractivity contribution in [2.45, 2.75) is 45.6 Å². The van der Waals surface area contributed by atoms with Gasteiger partial charge in [0.2, 0.25) is 0 Å². The summed E-state index contributed by atoms with van der Waals surface area (Å²) < 4.78 is 5.54. The van der Waals surface area contributed by atoms with Gasteiger partial charge in [-0.2, -0.15) is 0 Å². The Bertz CT molecular complexity index is 206. The Morgan fingerprint density at radius 1 is 1.35 bits per heavy atom. The molecule has 0 bridgehead atoms. The average Bonchev–Trinajstić information content (AvgIpc) is 2.79. The minimum Gasteiger partial charge on any atom is -0.376 e. The van der Waals surface area contributed by atoms with Crippen LogP contribution < -0.4 is 10.6 Å². The summed E-state index contributed by atoms with van der Waals surface area (Å²) in [5.74, 6) is 0.923. The third kappa shape index (κ3) is 7.81. The van der Waals surface area contributed by atoms with Gasteiger partial charge in [-0.25, -0.2) is 0 Å². The Labute approximate surface area is 122 Å². The molecule has 0 aliphatic carbocycles. The second-order valence-electron chi connectivity index (χ2n) is 4.13. The number of ether oxygens (including phenoxy) is 1. The number of aliphatic imine (C=N–C) groups is 1. The van der Waals surface area contributed by atoms with Crippen molar-refractivity contribution in [2.75, 3.05) is 26.2 Å². The van der Waals surface area contributed by atoms with Crippen molar-refractivity contribution < 1.29 is 4.74 Å². The van der Waals surface area contributed by atoms with Crippen molar-refractivity contribution in [3.63, 3.8) is 0 Å². The molecule has 2 N–H and O–H groups in total. The molecule has 17 heavy (non-hydrogen) atoms. The molecule has 0 aromatic carbocycles. The Morgan fingerprint density at radius 2 is 2.18 bits per heavy atom. The number of hydrogen-bond acceptors (Lipinski definition) is 2. The standard InChI is InChI=1S/C12H25N3O.HI/c1-3-5-8-14-12(13-4-2)15-10-11-7-6-9-16-11;/h11H,3-10H2,1-2H3,(H2,13,14,15);1H. The predicted molar refractivity (Wildman–Crippen MR) is 83.3 cm³/mol. The number of guanidine groups is 1. The fraction of sp³-hybridized carbons (Fsp3) is 0.917. The van der Waals surface area contributed by atoms with E-state index < -0.39 is 0 Å². The van der Waals surface area contributed by atoms with Crippen LogP contribution in [0.2, 0.25) is 0 Å². The van der Waals surface area contributed by atoms with E-state index in [9.17, 15) is 0 Å². The van der Waals surface area contributed by atoms with Crippen molar-refractivity contribution in [3.05, 3.63) is 0 Å². The van der Waals surface area contributed by atoms with E-state index in [0.717, 1.165) is 38.6 Å². The van der Waals surface area contributed by atoms with Crippen LogP contribution in [0.5, 0.6) is 0 Å². The molecule has 1 atom stereocenters. The molecule has 0 aromatic rings. The lowest BCUT2D eigenvalue weighted by Crippen LogP contribution is -2.38. The van der Waals surface area contributed by atoms with Crippen LogP contribution in [0.3, 0.4) is 0 Å². The van der Waals surface area contributed by atoms with Crippen molar-refractivity contribution in [1.82, 2.24) is 10.6 Å². The van der Waals surface area contributed by atoms with Gasteiger partial charge >= 0.3 is 0 Å². The first-order chi connectivity index (χ1) is 7.86. The molecule has 1 heterocycles. The molecule has 0 spiro atoms. The number of nitrogens with zero attached hydrogens (tertiary/aromatic N) is 1. The smallest absolute Gasteiger partial charge is 0.191 e. The molecule has 1 fully saturated rings. The number of rotatable bonds is 6. The first-order valence-corrected chi connectivity index (χ1v) is 6.50. The Hall–Kier alpha value is -0.0400. The molecule has 1 rings (SSSR count). The fourth-order valence-corrected chi connectivity index (χ4v) is 1.71. The highest BCUT2D eigenvalue weighted by Gasteiger charge is 2.14. The van der Waals surface area contributed by atoms with Gasteiger partial charge in [0.1, 0.15) is 0 Å². The van der Waals surface area contributed by atoms with Crippen LogP contribution >= 0.6 is 24.0 Å². The molecule has 4 nitrogen and oxygen atoms in total. The molecule has 1 aliphatic heterocycles. The van der Waals surface area contributed by atoms with Gasteiger partial charge in [-0.1, -0.05) is 13.3 Å². The van der Waals surface area contributed by atoms with Crippen LogP contribution in [-0.4, -0.2) is 38.3 Å². The summed E-state index contributed by atoms with van der Waals surface area (Å²) in [7, 11) is 0. The van der Waals surface area contributed by atoms with E-state index in [1.807, 2.05) is 0 Å². The molecule has 1 unspecified atom stereocenters. The molecular weight excluding hydrogens is 329 g/mol. The minimum atomic E-state index is 0. The van der Waals surface area contributed by atoms with Gasteiger partial charge in [0.05, 0.1) is 12.6 Å². The highest BCUT2D eigenvalue weighted by atomic mass is 127. The molecule has 0 saturated carbocycles. The number of nitrogens with one attached hydrogen (secondary N) is 2. The Kier molecular flexibility index (Phi) is 11.0. The topological polar surface area (TPSA) is 45.7 Å². The van der Waals surface area contributed by atoms with Gasteiger partial charge in [0.25, 0.3) is 0 Å². The number of halogens is 1. The maximum atomic E-state index is 5.54. The second kappa shape index (κ2) is 11.1. The third-order valence-corrected chi connectivity index (χ3v) is 2.64. The average molecular weight is 355 g/mol. The largest absolute Gasteiger partial charge is 0.376 e. The summed E-state index contributed by atoms with van der Waals surface area (Å²) in [6.07, 6.45) is 5.06. The first-order valence-electron chi connectivity index (χ1n) is 6.50. The quantitative estimate of drug-likeness (QED) is 0.332. The lowest BCUT2D eigenvalue weighted by atomic mass is 10.2. The van der Waals surface area contributed by atoms with E-state index in [4.69, 9.17) is 4.74 Å². The number of unbranched alkanes of at least 4 members (excludes halogenated alkanes) is 1. The monoisotopic (exact) mass is 355 g/mol. The highest BCUT2D eigenvalue weighted by Crippen LogP contribution is 2.11. The minimum absolute atomic E-state index is 0. The van der Waals surface area contributed by atoms with E-state index >= 15 is 0 Å². The van der Waals surface area contributed by atoms with E-state index in [1.54, 1.807) is 0 Å². The molecule has 0 aromatic heterocycles. The third-order valence-electron chi connectivity index (χ3n) is 2.64. The lowest BCUT2D eigenvalue weighted by molar-refractivity contribution is 0.117. The van der Waals surface area contributed by atoms with Crippen LogP contribution in [0.1, 0.15) is 39.5 Å². The highest BCUT2D eigenvalue weighted by molar-refractivity contribution is 14.0. The van der Waals surface area contributed by atoms with E-state index in [-0.39, 0.29) is 24.0 Å². The van der Waals surface area contributed by atoms with Crippen molar-refractivity contribution in [1.29, 1.82) is 0 Å². The SMILES string of the molecule is CCCCNC(=NCC1CCCO1)NCC.I. The number of hydrogen-bond donors (Lipinski definition) is 2. The van der Waals surface area contributed by atoms with Gasteiger partial charge in [0, 0.05) is 19.7 Å². The second-order valence-corrected chi connectivity index (χ2v) is 4.13. The summed E-state index contributed by atoms with van der Waals surface area (Å²) in [4.78, 5) is 4.54. The Balaban J connectivity index is 0.00000256. The molecule has 1 aliphatic rings. The predicted octanol–water partition coefficient (Wildman–Crippen LogP) is 2.14. The van der Waals surface area contributed by atoms with Crippen LogP contribution in [0.4, 0.5) is 0 Å². The van der Waals surface area contributed by atoms with Crippen molar-refractivity contribution in [3.8, 4) is 0 Å². The van der Waals surface area contributed by atoms with Crippen LogP contribution in [0.25, 0.3) is 0 Å². The maximum absolute atomic E-state index is 5.54. The maximum Gasteiger partial charge on any atom is 0.191 e. The Morgan fingerprint density at radius 3 is 2.76 bits per heavy atom. The first kappa shape index (κ1) is 17.0. The zero-order chi connectivity index (χ0) is 11.6. The lowest BCUT2D eigenvalue weighted by Gasteiger charge is -2.12. The van der Waals surface area contributed by atoms with Crippen LogP contribution in [0, 0.1) is 0 Å². The summed E-state index contributed by atoms with van der Waals surface area (Å²) in [6, 6.07) is 0. The zero-order valence-corrected chi connectivity index (χ0v) is 13.3. The van der Waals surface area contributed by atoms with Gasteiger partial charge in [-0.15, -0.1) is 24.0 Å². The molecule has 0 radical (unpaired) electrons. The van der Waals surface area contributed by atoms with Gasteiger partial charge in [-0.3, -0.25) is 4.99 Å². The molecular formula is C12H26IN3O. The van der Waals surface area contributed by atoms with Crippen molar-refractivity contribution in [2.24, 2.45) is 4.99 Å². The normalized spacial score (nSPS) is 19.9. The zero-order valence-electron chi connectivity index (χ0n) is 11.0. The van der Waals surface area contributed by atoms with Crippen LogP contribution in [0.15, 0.2) is 4.99 Å². The molecule has 1 saturated heterocycles. The van der Waals surface area contributed by atoms with E-state index in [2.05, 4.69) is 29.5 Å². The van der Waals surface area contributed by atoms with E-state index in [0.29, 0.717) is 6.10 Å². The van der Waals surface area contributed by atoms with Gasteiger partial charge in [-0.05, 0) is 26.2 Å². The summed E-state index contributed by atoms with van der Waals surface area (Å²) in [6.45, 7) is 7.86. The van der Waals surface area contributed by atoms with Crippen molar-refractivity contribution >= 4 is 29.9 Å². The molecule has 5 heteroatoms. The summed E-state index contributed by atoms with van der Waals surface area (Å²) in [5, 5.41) is 6.58. The van der Waals surface area contributed by atoms with Gasteiger partial charge < -0.3 is 15.4 Å². The fourth-order valence-electron chi connectivity index (χ4n) is 1.71. The van der Waals surface area contributed by atoms with E-state index in [1.165, 1.54) is 19.3 Å². The molecule has 102 valence electrons.